The van der Waals surface area contributed by atoms with Gasteiger partial charge in [-0.3, -0.25) is 0 Å². The van der Waals surface area contributed by atoms with E-state index in [1.807, 2.05) is 0 Å². The summed E-state index contributed by atoms with van der Waals surface area (Å²) in [5, 5.41) is 3.46. The Morgan fingerprint density at radius 1 is 1.32 bits per heavy atom. The summed E-state index contributed by atoms with van der Waals surface area (Å²) in [6, 6.07) is 9.39. The van der Waals surface area contributed by atoms with Crippen molar-refractivity contribution in [1.29, 1.82) is 0 Å². The van der Waals surface area contributed by atoms with Crippen molar-refractivity contribution in [3.05, 3.63) is 29.8 Å². The minimum atomic E-state index is 0.509. The van der Waals surface area contributed by atoms with E-state index in [9.17, 15) is 0 Å². The average molecular weight is 261 g/mol. The molecule has 1 aromatic rings. The highest BCUT2D eigenvalue weighted by Crippen LogP contribution is 2.32. The SMILES string of the molecule is CNC1CCCN(CCCN(C)C)c2ccccc21. The second kappa shape index (κ2) is 6.92. The van der Waals surface area contributed by atoms with Crippen molar-refractivity contribution in [2.75, 3.05) is 45.7 Å². The highest BCUT2D eigenvalue weighted by Gasteiger charge is 2.20. The zero-order valence-corrected chi connectivity index (χ0v) is 12.5. The summed E-state index contributed by atoms with van der Waals surface area (Å²) in [7, 11) is 6.37. The Morgan fingerprint density at radius 2 is 2.11 bits per heavy atom. The van der Waals surface area contributed by atoms with Crippen LogP contribution in [0.1, 0.15) is 30.9 Å². The van der Waals surface area contributed by atoms with Crippen molar-refractivity contribution in [2.24, 2.45) is 0 Å². The fraction of sp³-hybridized carbons (Fsp3) is 0.625. The van der Waals surface area contributed by atoms with Gasteiger partial charge in [0.05, 0.1) is 0 Å². The minimum Gasteiger partial charge on any atom is -0.371 e. The van der Waals surface area contributed by atoms with Crippen LogP contribution in [-0.4, -0.2) is 45.7 Å². The van der Waals surface area contributed by atoms with Crippen molar-refractivity contribution in [3.8, 4) is 0 Å². The van der Waals surface area contributed by atoms with E-state index in [-0.39, 0.29) is 0 Å². The summed E-state index contributed by atoms with van der Waals surface area (Å²) in [5.74, 6) is 0. The number of para-hydroxylation sites is 1. The molecule has 0 saturated heterocycles. The molecule has 1 aliphatic rings. The second-order valence-electron chi connectivity index (χ2n) is 5.69. The number of nitrogens with zero attached hydrogens (tertiary/aromatic N) is 2. The van der Waals surface area contributed by atoms with E-state index in [1.165, 1.54) is 37.1 Å². The highest BCUT2D eigenvalue weighted by atomic mass is 15.1. The standard InChI is InChI=1S/C16H27N3/c1-17-15-9-6-12-19(13-7-11-18(2)3)16-10-5-4-8-14(15)16/h4-5,8,10,15,17H,6-7,9,11-13H2,1-3H3. The predicted molar refractivity (Wildman–Crippen MR) is 82.9 cm³/mol. The number of nitrogens with one attached hydrogen (secondary N) is 1. The van der Waals surface area contributed by atoms with Crippen LogP contribution >= 0.6 is 0 Å². The highest BCUT2D eigenvalue weighted by molar-refractivity contribution is 5.55. The lowest BCUT2D eigenvalue weighted by Gasteiger charge is -2.26. The van der Waals surface area contributed by atoms with Crippen LogP contribution in [-0.2, 0) is 0 Å². The molecule has 106 valence electrons. The summed E-state index contributed by atoms with van der Waals surface area (Å²) in [4.78, 5) is 4.83. The van der Waals surface area contributed by atoms with E-state index in [0.717, 1.165) is 13.1 Å². The lowest BCUT2D eigenvalue weighted by Crippen LogP contribution is -2.28. The molecule has 0 radical (unpaired) electrons. The molecule has 1 heterocycles. The third-order valence-electron chi connectivity index (χ3n) is 3.96. The van der Waals surface area contributed by atoms with Gasteiger partial charge in [0.2, 0.25) is 0 Å². The molecule has 2 rings (SSSR count). The van der Waals surface area contributed by atoms with Gasteiger partial charge in [-0.25, -0.2) is 0 Å². The van der Waals surface area contributed by atoms with E-state index in [0.29, 0.717) is 6.04 Å². The van der Waals surface area contributed by atoms with Gasteiger partial charge in [-0.2, -0.15) is 0 Å². The largest absolute Gasteiger partial charge is 0.371 e. The van der Waals surface area contributed by atoms with E-state index in [2.05, 4.69) is 60.5 Å². The van der Waals surface area contributed by atoms with E-state index in [1.54, 1.807) is 0 Å². The van der Waals surface area contributed by atoms with Gasteiger partial charge in [0, 0.05) is 24.8 Å². The molecule has 0 fully saturated rings. The quantitative estimate of drug-likeness (QED) is 0.878. The Bertz CT molecular complexity index is 389. The maximum absolute atomic E-state index is 3.46. The molecule has 1 aliphatic heterocycles. The van der Waals surface area contributed by atoms with Crippen molar-refractivity contribution < 1.29 is 0 Å². The topological polar surface area (TPSA) is 18.5 Å². The van der Waals surface area contributed by atoms with Crippen molar-refractivity contribution in [3.63, 3.8) is 0 Å². The van der Waals surface area contributed by atoms with Gasteiger partial charge in [-0.1, -0.05) is 18.2 Å². The number of rotatable bonds is 5. The Labute approximate surface area is 117 Å². The third kappa shape index (κ3) is 3.71. The van der Waals surface area contributed by atoms with E-state index >= 15 is 0 Å². The van der Waals surface area contributed by atoms with Gasteiger partial charge in [-0.15, -0.1) is 0 Å². The number of hydrogen-bond acceptors (Lipinski definition) is 3. The summed E-state index contributed by atoms with van der Waals surface area (Å²) in [6.07, 6.45) is 3.73. The molecule has 3 heteroatoms. The van der Waals surface area contributed by atoms with Crippen LogP contribution < -0.4 is 10.2 Å². The summed E-state index contributed by atoms with van der Waals surface area (Å²) in [6.45, 7) is 3.50. The zero-order chi connectivity index (χ0) is 13.7. The van der Waals surface area contributed by atoms with Crippen LogP contribution in [0.4, 0.5) is 5.69 Å². The maximum atomic E-state index is 3.46. The molecule has 1 unspecified atom stereocenters. The van der Waals surface area contributed by atoms with Crippen LogP contribution in [0, 0.1) is 0 Å². The summed E-state index contributed by atoms with van der Waals surface area (Å²) >= 11 is 0. The monoisotopic (exact) mass is 261 g/mol. The number of anilines is 1. The number of hydrogen-bond donors (Lipinski definition) is 1. The Hall–Kier alpha value is -1.06. The van der Waals surface area contributed by atoms with Gasteiger partial charge in [-0.05, 0) is 58.6 Å². The summed E-state index contributed by atoms with van der Waals surface area (Å²) < 4.78 is 0. The van der Waals surface area contributed by atoms with Gasteiger partial charge in [0.25, 0.3) is 0 Å². The first-order valence-corrected chi connectivity index (χ1v) is 7.38. The zero-order valence-electron chi connectivity index (χ0n) is 12.5. The maximum Gasteiger partial charge on any atom is 0.0414 e. The third-order valence-corrected chi connectivity index (χ3v) is 3.96. The number of fused-ring (bicyclic) bond motifs is 1. The molecule has 0 spiro atoms. The number of benzene rings is 1. The Balaban J connectivity index is 2.11. The predicted octanol–water partition coefficient (Wildman–Crippen LogP) is 2.50. The molecule has 1 aromatic carbocycles. The minimum absolute atomic E-state index is 0.509. The molecule has 19 heavy (non-hydrogen) atoms. The normalized spacial score (nSPS) is 19.4. The first kappa shape index (κ1) is 14.4. The summed E-state index contributed by atoms with van der Waals surface area (Å²) in [5.41, 5.74) is 2.89. The van der Waals surface area contributed by atoms with Crippen molar-refractivity contribution in [1.82, 2.24) is 10.2 Å². The fourth-order valence-corrected chi connectivity index (χ4v) is 2.94. The fourth-order valence-electron chi connectivity index (χ4n) is 2.94. The second-order valence-corrected chi connectivity index (χ2v) is 5.69. The molecule has 0 aliphatic carbocycles. The molecule has 0 bridgehead atoms. The molecule has 3 nitrogen and oxygen atoms in total. The molecular weight excluding hydrogens is 234 g/mol. The van der Waals surface area contributed by atoms with Crippen molar-refractivity contribution in [2.45, 2.75) is 25.3 Å². The Kier molecular flexibility index (Phi) is 5.23. The van der Waals surface area contributed by atoms with Crippen LogP contribution in [0.2, 0.25) is 0 Å². The molecule has 1 atom stereocenters. The van der Waals surface area contributed by atoms with Crippen LogP contribution in [0.25, 0.3) is 0 Å². The molecule has 0 amide bonds. The van der Waals surface area contributed by atoms with Crippen LogP contribution in [0.5, 0.6) is 0 Å². The first-order chi connectivity index (χ1) is 9.22. The van der Waals surface area contributed by atoms with E-state index < -0.39 is 0 Å². The molecule has 0 aromatic heterocycles. The molecule has 1 N–H and O–H groups in total. The Morgan fingerprint density at radius 3 is 2.84 bits per heavy atom. The lowest BCUT2D eigenvalue weighted by molar-refractivity contribution is 0.400. The van der Waals surface area contributed by atoms with Crippen molar-refractivity contribution >= 4 is 5.69 Å². The smallest absolute Gasteiger partial charge is 0.0414 e. The van der Waals surface area contributed by atoms with Gasteiger partial charge in [0.15, 0.2) is 0 Å². The van der Waals surface area contributed by atoms with E-state index in [4.69, 9.17) is 0 Å². The molecular formula is C16H27N3. The first-order valence-electron chi connectivity index (χ1n) is 7.38. The molecule has 0 saturated carbocycles. The average Bonchev–Trinajstić information content (AvgIpc) is 2.58. The lowest BCUT2D eigenvalue weighted by atomic mass is 10.0. The van der Waals surface area contributed by atoms with Crippen LogP contribution in [0.3, 0.4) is 0 Å². The van der Waals surface area contributed by atoms with Crippen LogP contribution in [0.15, 0.2) is 24.3 Å². The van der Waals surface area contributed by atoms with Gasteiger partial charge < -0.3 is 15.1 Å². The van der Waals surface area contributed by atoms with Gasteiger partial charge in [0.1, 0.15) is 0 Å². The van der Waals surface area contributed by atoms with Gasteiger partial charge >= 0.3 is 0 Å².